The second-order valence-electron chi connectivity index (χ2n) is 5.24. The first-order valence-corrected chi connectivity index (χ1v) is 6.76. The third kappa shape index (κ3) is 3.58. The van der Waals surface area contributed by atoms with Crippen LogP contribution in [0, 0.1) is 10.1 Å². The molecule has 110 valence electrons. The number of benzene rings is 2. The Hall–Kier alpha value is -2.40. The monoisotopic (exact) mass is 285 g/mol. The summed E-state index contributed by atoms with van der Waals surface area (Å²) < 4.78 is 0. The van der Waals surface area contributed by atoms with E-state index in [0.717, 1.165) is 23.2 Å². The summed E-state index contributed by atoms with van der Waals surface area (Å²) in [5, 5.41) is 11.1. The molecule has 0 bridgehead atoms. The average Bonchev–Trinajstić information content (AvgIpc) is 2.45. The van der Waals surface area contributed by atoms with Crippen LogP contribution in [0.5, 0.6) is 0 Å². The van der Waals surface area contributed by atoms with E-state index in [-0.39, 0.29) is 10.6 Å². The Balaban J connectivity index is 2.43. The minimum absolute atomic E-state index is 0.162. The number of nitrogens with two attached hydrogens (primary N) is 1. The summed E-state index contributed by atoms with van der Waals surface area (Å²) in [7, 11) is 3.90. The third-order valence-electron chi connectivity index (χ3n) is 3.38. The van der Waals surface area contributed by atoms with Crippen molar-refractivity contribution in [3.05, 3.63) is 58.1 Å². The largest absolute Gasteiger partial charge is 0.398 e. The quantitative estimate of drug-likeness (QED) is 0.521. The van der Waals surface area contributed by atoms with Crippen molar-refractivity contribution in [2.24, 2.45) is 0 Å². The number of nitrogen functional groups attached to an aromatic ring is 1. The molecule has 0 amide bonds. The first-order chi connectivity index (χ1) is 9.99. The Labute approximate surface area is 124 Å². The van der Waals surface area contributed by atoms with Crippen molar-refractivity contribution in [2.45, 2.75) is 6.42 Å². The molecule has 0 aliphatic heterocycles. The van der Waals surface area contributed by atoms with Gasteiger partial charge in [0.15, 0.2) is 0 Å². The summed E-state index contributed by atoms with van der Waals surface area (Å²) in [4.78, 5) is 12.8. The van der Waals surface area contributed by atoms with E-state index < -0.39 is 0 Å². The minimum Gasteiger partial charge on any atom is -0.398 e. The number of nitro benzene ring substituents is 1. The van der Waals surface area contributed by atoms with Crippen LogP contribution in [-0.4, -0.2) is 30.5 Å². The Morgan fingerprint density at radius 3 is 2.52 bits per heavy atom. The molecule has 0 aromatic heterocycles. The highest BCUT2D eigenvalue weighted by Crippen LogP contribution is 2.30. The summed E-state index contributed by atoms with van der Waals surface area (Å²) in [5.74, 6) is 0. The summed E-state index contributed by atoms with van der Waals surface area (Å²) in [6.45, 7) is 0.758. The van der Waals surface area contributed by atoms with Gasteiger partial charge in [0, 0.05) is 29.4 Å². The molecule has 0 saturated carbocycles. The van der Waals surface area contributed by atoms with Crippen LogP contribution < -0.4 is 5.73 Å². The number of hydrogen-bond acceptors (Lipinski definition) is 4. The molecule has 0 aliphatic rings. The number of para-hydroxylation sites is 1. The molecular weight excluding hydrogens is 266 g/mol. The second kappa shape index (κ2) is 6.37. The third-order valence-corrected chi connectivity index (χ3v) is 3.38. The Kier molecular flexibility index (Phi) is 4.55. The van der Waals surface area contributed by atoms with E-state index in [1.165, 1.54) is 0 Å². The van der Waals surface area contributed by atoms with Crippen LogP contribution in [0.3, 0.4) is 0 Å². The predicted octanol–water partition coefficient (Wildman–Crippen LogP) is 2.95. The van der Waals surface area contributed by atoms with Crippen LogP contribution in [-0.2, 0) is 6.42 Å². The van der Waals surface area contributed by atoms with E-state index in [1.54, 1.807) is 12.1 Å². The lowest BCUT2D eigenvalue weighted by atomic mass is 9.99. The fourth-order valence-corrected chi connectivity index (χ4v) is 2.24. The average molecular weight is 285 g/mol. The SMILES string of the molecule is CN(C)CCc1cc(-c2ccccc2N)ccc1[N+](=O)[O-]. The molecule has 0 saturated heterocycles. The number of rotatable bonds is 5. The summed E-state index contributed by atoms with van der Waals surface area (Å²) >= 11 is 0. The first-order valence-electron chi connectivity index (χ1n) is 6.76. The number of anilines is 1. The maximum absolute atomic E-state index is 11.1. The van der Waals surface area contributed by atoms with Crippen LogP contribution in [0.25, 0.3) is 11.1 Å². The van der Waals surface area contributed by atoms with Crippen LogP contribution in [0.4, 0.5) is 11.4 Å². The zero-order chi connectivity index (χ0) is 15.4. The topological polar surface area (TPSA) is 72.4 Å². The number of nitro groups is 1. The van der Waals surface area contributed by atoms with Crippen molar-refractivity contribution < 1.29 is 4.92 Å². The smallest absolute Gasteiger partial charge is 0.272 e. The molecule has 0 aliphatic carbocycles. The van der Waals surface area contributed by atoms with Gasteiger partial charge < -0.3 is 10.6 Å². The van der Waals surface area contributed by atoms with Gasteiger partial charge in [-0.05, 0) is 44.3 Å². The van der Waals surface area contributed by atoms with Gasteiger partial charge in [-0.1, -0.05) is 18.2 Å². The molecule has 0 radical (unpaired) electrons. The van der Waals surface area contributed by atoms with Crippen molar-refractivity contribution in [1.29, 1.82) is 0 Å². The Morgan fingerprint density at radius 2 is 1.90 bits per heavy atom. The van der Waals surface area contributed by atoms with Crippen molar-refractivity contribution in [1.82, 2.24) is 4.90 Å². The highest BCUT2D eigenvalue weighted by Gasteiger charge is 2.15. The van der Waals surface area contributed by atoms with Gasteiger partial charge in [0.05, 0.1) is 4.92 Å². The summed E-state index contributed by atoms with van der Waals surface area (Å²) in [6, 6.07) is 12.7. The van der Waals surface area contributed by atoms with E-state index >= 15 is 0 Å². The van der Waals surface area contributed by atoms with Crippen LogP contribution >= 0.6 is 0 Å². The fraction of sp³-hybridized carbons (Fsp3) is 0.250. The Morgan fingerprint density at radius 1 is 1.19 bits per heavy atom. The van der Waals surface area contributed by atoms with Crippen LogP contribution in [0.1, 0.15) is 5.56 Å². The van der Waals surface area contributed by atoms with Crippen LogP contribution in [0.15, 0.2) is 42.5 Å². The second-order valence-corrected chi connectivity index (χ2v) is 5.24. The van der Waals surface area contributed by atoms with Gasteiger partial charge in [-0.2, -0.15) is 0 Å². The highest BCUT2D eigenvalue weighted by molar-refractivity contribution is 5.77. The van der Waals surface area contributed by atoms with E-state index in [4.69, 9.17) is 5.73 Å². The zero-order valence-electron chi connectivity index (χ0n) is 12.2. The predicted molar refractivity (Wildman–Crippen MR) is 85.2 cm³/mol. The van der Waals surface area contributed by atoms with Gasteiger partial charge in [0.2, 0.25) is 0 Å². The molecule has 0 unspecified atom stereocenters. The Bertz CT molecular complexity index is 654. The summed E-state index contributed by atoms with van der Waals surface area (Å²) in [6.07, 6.45) is 0.629. The molecule has 5 heteroatoms. The van der Waals surface area contributed by atoms with Crippen LogP contribution in [0.2, 0.25) is 0 Å². The van der Waals surface area contributed by atoms with Crippen molar-refractivity contribution in [2.75, 3.05) is 26.4 Å². The minimum atomic E-state index is -0.330. The summed E-state index contributed by atoms with van der Waals surface area (Å²) in [5.41, 5.74) is 9.36. The molecule has 0 spiro atoms. The highest BCUT2D eigenvalue weighted by atomic mass is 16.6. The molecule has 0 heterocycles. The maximum atomic E-state index is 11.1. The fourth-order valence-electron chi connectivity index (χ4n) is 2.24. The first kappa shape index (κ1) is 15.0. The van der Waals surface area contributed by atoms with Gasteiger partial charge in [-0.3, -0.25) is 10.1 Å². The molecule has 21 heavy (non-hydrogen) atoms. The molecule has 0 atom stereocenters. The number of likely N-dealkylation sites (N-methyl/N-ethyl adjacent to an activating group) is 1. The molecule has 2 N–H and O–H groups in total. The van der Waals surface area contributed by atoms with Gasteiger partial charge in [0.25, 0.3) is 5.69 Å². The molecule has 2 aromatic rings. The maximum Gasteiger partial charge on any atom is 0.272 e. The van der Waals surface area contributed by atoms with Crippen molar-refractivity contribution >= 4 is 11.4 Å². The molecule has 5 nitrogen and oxygen atoms in total. The standard InChI is InChI=1S/C16H19N3O2/c1-18(2)10-9-13-11-12(7-8-16(13)19(20)21)14-5-3-4-6-15(14)17/h3-8,11H,9-10,17H2,1-2H3. The van der Waals surface area contributed by atoms with Gasteiger partial charge in [-0.25, -0.2) is 0 Å². The van der Waals surface area contributed by atoms with E-state index in [9.17, 15) is 10.1 Å². The molecule has 2 rings (SSSR count). The van der Waals surface area contributed by atoms with Gasteiger partial charge in [0.1, 0.15) is 0 Å². The molecular formula is C16H19N3O2. The zero-order valence-corrected chi connectivity index (χ0v) is 12.2. The number of hydrogen-bond donors (Lipinski definition) is 1. The van der Waals surface area contributed by atoms with Gasteiger partial charge >= 0.3 is 0 Å². The normalized spacial score (nSPS) is 10.8. The van der Waals surface area contributed by atoms with Crippen molar-refractivity contribution in [3.63, 3.8) is 0 Å². The molecule has 2 aromatic carbocycles. The number of nitrogens with zero attached hydrogens (tertiary/aromatic N) is 2. The lowest BCUT2D eigenvalue weighted by Crippen LogP contribution is -2.15. The lowest BCUT2D eigenvalue weighted by molar-refractivity contribution is -0.385. The van der Waals surface area contributed by atoms with Crippen molar-refractivity contribution in [3.8, 4) is 11.1 Å². The molecule has 0 fully saturated rings. The van der Waals surface area contributed by atoms with E-state index in [2.05, 4.69) is 0 Å². The van der Waals surface area contributed by atoms with Gasteiger partial charge in [-0.15, -0.1) is 0 Å². The van der Waals surface area contributed by atoms with E-state index in [0.29, 0.717) is 12.1 Å². The lowest BCUT2D eigenvalue weighted by Gasteiger charge is -2.11. The van der Waals surface area contributed by atoms with E-state index in [1.807, 2.05) is 49.3 Å².